The molecule has 1 heterocycles. The monoisotopic (exact) mass is 280 g/mol. The molecule has 0 bridgehead atoms. The number of nitrogens with one attached hydrogen (secondary N) is 1. The van der Waals surface area contributed by atoms with E-state index >= 15 is 0 Å². The summed E-state index contributed by atoms with van der Waals surface area (Å²) in [5.41, 5.74) is 1.72. The maximum Gasteiger partial charge on any atom is 0.334 e. The molecule has 0 saturated carbocycles. The second-order valence-corrected chi connectivity index (χ2v) is 4.86. The molecule has 0 radical (unpaired) electrons. The van der Waals surface area contributed by atoms with Crippen LogP contribution in [0.1, 0.15) is 38.4 Å². The molecule has 1 aromatic rings. The number of ether oxygens (including phenoxy) is 1. The molecule has 20 heavy (non-hydrogen) atoms. The van der Waals surface area contributed by atoms with E-state index in [1.165, 1.54) is 6.08 Å². The number of aliphatic carboxylic acids is 1. The molecule has 0 aliphatic heterocycles. The van der Waals surface area contributed by atoms with Crippen molar-refractivity contribution in [1.29, 1.82) is 0 Å². The number of rotatable bonds is 7. The number of aromatic nitrogens is 2. The minimum absolute atomic E-state index is 0.116. The van der Waals surface area contributed by atoms with Crippen molar-refractivity contribution in [2.75, 3.05) is 6.61 Å². The molecule has 0 atom stereocenters. The maximum atomic E-state index is 11.8. The number of carbonyl (C=O) groups is 2. The van der Waals surface area contributed by atoms with Crippen LogP contribution < -0.4 is 0 Å². The van der Waals surface area contributed by atoms with Gasteiger partial charge in [-0.15, -0.1) is 0 Å². The van der Waals surface area contributed by atoms with Crippen molar-refractivity contribution in [3.63, 3.8) is 0 Å². The van der Waals surface area contributed by atoms with E-state index in [9.17, 15) is 9.59 Å². The lowest BCUT2D eigenvalue weighted by molar-refractivity contribution is -0.142. The highest BCUT2D eigenvalue weighted by molar-refractivity contribution is 5.98. The lowest BCUT2D eigenvalue weighted by atomic mass is 10.0. The Bertz CT molecular complexity index is 503. The van der Waals surface area contributed by atoms with E-state index in [-0.39, 0.29) is 18.6 Å². The van der Waals surface area contributed by atoms with Gasteiger partial charge in [0.1, 0.15) is 0 Å². The summed E-state index contributed by atoms with van der Waals surface area (Å²) in [6.07, 6.45) is 3.52. The van der Waals surface area contributed by atoms with Crippen molar-refractivity contribution in [3.8, 4) is 0 Å². The summed E-state index contributed by atoms with van der Waals surface area (Å²) in [4.78, 5) is 22.6. The first kappa shape index (κ1) is 15.9. The van der Waals surface area contributed by atoms with Gasteiger partial charge < -0.3 is 9.84 Å². The molecule has 6 nitrogen and oxygen atoms in total. The van der Waals surface area contributed by atoms with E-state index in [0.29, 0.717) is 5.92 Å². The fourth-order valence-corrected chi connectivity index (χ4v) is 1.77. The van der Waals surface area contributed by atoms with Crippen molar-refractivity contribution in [2.24, 2.45) is 5.92 Å². The largest absolute Gasteiger partial charge is 0.481 e. The van der Waals surface area contributed by atoms with Crippen LogP contribution in [-0.2, 0) is 20.7 Å². The Morgan fingerprint density at radius 2 is 2.20 bits per heavy atom. The Morgan fingerprint density at radius 1 is 1.50 bits per heavy atom. The molecule has 1 aromatic heterocycles. The molecule has 0 saturated heterocycles. The number of H-pyrrole nitrogens is 1. The van der Waals surface area contributed by atoms with Gasteiger partial charge in [-0.1, -0.05) is 13.8 Å². The number of nitrogens with zero attached hydrogens (tertiary/aromatic N) is 1. The van der Waals surface area contributed by atoms with Gasteiger partial charge in [0.25, 0.3) is 0 Å². The smallest absolute Gasteiger partial charge is 0.334 e. The standard InChI is InChI=1S/C14H20N2O4/c1-4-20-14(19)10(7-13(17)18)6-11-8-15-16-12(11)5-9(2)3/h6,8-9H,4-5,7H2,1-3H3,(H,15,16)(H,17,18)/b10-6+. The molecule has 0 amide bonds. The first-order valence-electron chi connectivity index (χ1n) is 6.55. The highest BCUT2D eigenvalue weighted by atomic mass is 16.5. The molecule has 0 unspecified atom stereocenters. The molecular formula is C14H20N2O4. The molecule has 0 fully saturated rings. The predicted molar refractivity (Wildman–Crippen MR) is 74.0 cm³/mol. The number of carboxylic acid groups (broad SMARTS) is 1. The van der Waals surface area contributed by atoms with Crippen molar-refractivity contribution < 1.29 is 19.4 Å². The van der Waals surface area contributed by atoms with Gasteiger partial charge in [0.2, 0.25) is 0 Å². The molecule has 0 aliphatic carbocycles. The van der Waals surface area contributed by atoms with Gasteiger partial charge in [0.05, 0.1) is 19.2 Å². The maximum absolute atomic E-state index is 11.8. The van der Waals surface area contributed by atoms with Crippen LogP contribution in [0.2, 0.25) is 0 Å². The first-order valence-corrected chi connectivity index (χ1v) is 6.55. The minimum Gasteiger partial charge on any atom is -0.481 e. The van der Waals surface area contributed by atoms with Crippen molar-refractivity contribution in [1.82, 2.24) is 10.2 Å². The SMILES string of the molecule is CCOC(=O)/C(=C/c1cn[nH]c1CC(C)C)CC(=O)O. The van der Waals surface area contributed by atoms with Crippen LogP contribution >= 0.6 is 0 Å². The molecule has 1 rings (SSSR count). The second-order valence-electron chi connectivity index (χ2n) is 4.86. The average Bonchev–Trinajstić information content (AvgIpc) is 2.74. The van der Waals surface area contributed by atoms with Crippen LogP contribution in [0.5, 0.6) is 0 Å². The highest BCUT2D eigenvalue weighted by Crippen LogP contribution is 2.17. The molecule has 0 aromatic carbocycles. The van der Waals surface area contributed by atoms with Gasteiger partial charge in [-0.25, -0.2) is 4.79 Å². The van der Waals surface area contributed by atoms with E-state index in [1.54, 1.807) is 13.1 Å². The predicted octanol–water partition coefficient (Wildman–Crippen LogP) is 2.03. The van der Waals surface area contributed by atoms with E-state index in [2.05, 4.69) is 24.0 Å². The first-order chi connectivity index (χ1) is 9.43. The number of hydrogen-bond acceptors (Lipinski definition) is 4. The summed E-state index contributed by atoms with van der Waals surface area (Å²) in [5.74, 6) is -1.25. The number of hydrogen-bond donors (Lipinski definition) is 2. The quantitative estimate of drug-likeness (QED) is 0.589. The van der Waals surface area contributed by atoms with Gasteiger partial charge in [-0.2, -0.15) is 5.10 Å². The topological polar surface area (TPSA) is 92.3 Å². The number of aromatic amines is 1. The van der Waals surface area contributed by atoms with Crippen molar-refractivity contribution >= 4 is 18.0 Å². The zero-order valence-electron chi connectivity index (χ0n) is 12.0. The minimum atomic E-state index is -1.07. The second kappa shape index (κ2) is 7.47. The zero-order chi connectivity index (χ0) is 15.1. The Hall–Kier alpha value is -2.11. The molecule has 110 valence electrons. The third-order valence-electron chi connectivity index (χ3n) is 2.57. The van der Waals surface area contributed by atoms with Crippen LogP contribution in [0.3, 0.4) is 0 Å². The fraction of sp³-hybridized carbons (Fsp3) is 0.500. The van der Waals surface area contributed by atoms with Gasteiger partial charge >= 0.3 is 11.9 Å². The number of carboxylic acids is 1. The molecular weight excluding hydrogens is 260 g/mol. The average molecular weight is 280 g/mol. The molecule has 0 aliphatic rings. The molecule has 6 heteroatoms. The van der Waals surface area contributed by atoms with Gasteiger partial charge in [-0.3, -0.25) is 9.89 Å². The number of carbonyl (C=O) groups excluding carboxylic acids is 1. The lowest BCUT2D eigenvalue weighted by Gasteiger charge is -2.06. The third kappa shape index (κ3) is 4.87. The summed E-state index contributed by atoms with van der Waals surface area (Å²) in [7, 11) is 0. The Labute approximate surface area is 117 Å². The molecule has 2 N–H and O–H groups in total. The summed E-state index contributed by atoms with van der Waals surface area (Å²) in [6, 6.07) is 0. The zero-order valence-corrected chi connectivity index (χ0v) is 12.0. The number of esters is 1. The van der Waals surface area contributed by atoms with Gasteiger partial charge in [0, 0.05) is 16.8 Å². The van der Waals surface area contributed by atoms with Crippen LogP contribution in [0.15, 0.2) is 11.8 Å². The Morgan fingerprint density at radius 3 is 2.75 bits per heavy atom. The Balaban J connectivity index is 3.03. The molecule has 0 spiro atoms. The summed E-state index contributed by atoms with van der Waals surface area (Å²) in [5, 5.41) is 15.7. The lowest BCUT2D eigenvalue weighted by Crippen LogP contribution is -2.11. The summed E-state index contributed by atoms with van der Waals surface area (Å²) in [6.45, 7) is 6.02. The van der Waals surface area contributed by atoms with Crippen LogP contribution in [0.4, 0.5) is 0 Å². The fourth-order valence-electron chi connectivity index (χ4n) is 1.77. The van der Waals surface area contributed by atoms with Crippen LogP contribution in [0, 0.1) is 5.92 Å². The van der Waals surface area contributed by atoms with E-state index in [4.69, 9.17) is 9.84 Å². The van der Waals surface area contributed by atoms with Crippen LogP contribution in [0.25, 0.3) is 6.08 Å². The third-order valence-corrected chi connectivity index (χ3v) is 2.57. The van der Waals surface area contributed by atoms with Crippen LogP contribution in [-0.4, -0.2) is 33.8 Å². The van der Waals surface area contributed by atoms with Crippen molar-refractivity contribution in [2.45, 2.75) is 33.6 Å². The van der Waals surface area contributed by atoms with Gasteiger partial charge in [-0.05, 0) is 25.3 Å². The summed E-state index contributed by atoms with van der Waals surface area (Å²) < 4.78 is 4.87. The normalized spacial score (nSPS) is 11.7. The van der Waals surface area contributed by atoms with Crippen molar-refractivity contribution in [3.05, 3.63) is 23.0 Å². The highest BCUT2D eigenvalue weighted by Gasteiger charge is 2.16. The Kier molecular flexibility index (Phi) is 5.96. The van der Waals surface area contributed by atoms with Gasteiger partial charge in [0.15, 0.2) is 0 Å². The van der Waals surface area contributed by atoms with E-state index < -0.39 is 11.9 Å². The summed E-state index contributed by atoms with van der Waals surface area (Å²) >= 11 is 0. The van der Waals surface area contributed by atoms with E-state index in [1.807, 2.05) is 0 Å². The van der Waals surface area contributed by atoms with E-state index in [0.717, 1.165) is 17.7 Å².